The lowest BCUT2D eigenvalue weighted by Gasteiger charge is -2.24. The van der Waals surface area contributed by atoms with Crippen molar-refractivity contribution in [2.75, 3.05) is 0 Å². The maximum Gasteiger partial charge on any atom is 0.244 e. The number of aromatic nitrogens is 2. The van der Waals surface area contributed by atoms with Crippen LogP contribution in [0.2, 0.25) is 0 Å². The molecule has 0 saturated heterocycles. The van der Waals surface area contributed by atoms with Gasteiger partial charge in [0.25, 0.3) is 0 Å². The first kappa shape index (κ1) is 26.7. The quantitative estimate of drug-likeness (QED) is 0.154. The summed E-state index contributed by atoms with van der Waals surface area (Å²) >= 11 is 6.79. The van der Waals surface area contributed by atoms with E-state index in [0.717, 1.165) is 31.2 Å². The molecule has 1 aliphatic heterocycles. The molecule has 188 valence electrons. The molecule has 2 N–H and O–H groups in total. The predicted molar refractivity (Wildman–Crippen MR) is 150 cm³/mol. The van der Waals surface area contributed by atoms with Crippen LogP contribution in [0.4, 0.5) is 0 Å². The first-order valence-electron chi connectivity index (χ1n) is 11.4. The van der Waals surface area contributed by atoms with Crippen molar-refractivity contribution in [1.29, 1.82) is 0 Å². The molecule has 5 rings (SSSR count). The molecule has 0 amide bonds. The summed E-state index contributed by atoms with van der Waals surface area (Å²) in [6.07, 6.45) is 7.38. The standard InChI is InChI=1S/C15H13BrN2O2.C13H11BrN2O/c1-15(19)13(10-4-6-12(16)7-5-10)14(18-20-15)11-3-2-8-17-9-11;14-12-5-3-10(4-6-12)8-13(16-17)11-2-1-7-15-9-11/h2-9,13,19H,1H3;1-7,9,17H,8H2/b;16-13+. The highest BCUT2D eigenvalue weighted by Crippen LogP contribution is 2.38. The summed E-state index contributed by atoms with van der Waals surface area (Å²) in [5.41, 5.74) is 5.00. The molecule has 2 atom stereocenters. The van der Waals surface area contributed by atoms with Gasteiger partial charge >= 0.3 is 0 Å². The van der Waals surface area contributed by atoms with Crippen LogP contribution in [-0.2, 0) is 11.3 Å². The second kappa shape index (κ2) is 12.2. The molecule has 0 bridgehead atoms. The Hall–Kier alpha value is -3.40. The van der Waals surface area contributed by atoms with Crippen molar-refractivity contribution in [1.82, 2.24) is 9.97 Å². The number of oxime groups is 2. The second-order valence-electron chi connectivity index (χ2n) is 8.44. The first-order chi connectivity index (χ1) is 17.9. The minimum atomic E-state index is -1.36. The fourth-order valence-electron chi connectivity index (χ4n) is 3.88. The Bertz CT molecular complexity index is 1360. The zero-order chi connectivity index (χ0) is 26.3. The summed E-state index contributed by atoms with van der Waals surface area (Å²) in [6.45, 7) is 1.62. The maximum atomic E-state index is 10.4. The molecule has 0 spiro atoms. The number of nitrogens with zero attached hydrogens (tertiary/aromatic N) is 4. The van der Waals surface area contributed by atoms with Crippen LogP contribution in [-0.4, -0.2) is 37.5 Å². The molecule has 0 saturated carbocycles. The molecule has 0 aliphatic carbocycles. The highest BCUT2D eigenvalue weighted by atomic mass is 79.9. The maximum absolute atomic E-state index is 10.4. The predicted octanol–water partition coefficient (Wildman–Crippen LogP) is 6.34. The molecule has 2 unspecified atom stereocenters. The van der Waals surface area contributed by atoms with Crippen molar-refractivity contribution in [2.24, 2.45) is 10.3 Å². The van der Waals surface area contributed by atoms with E-state index in [-0.39, 0.29) is 5.92 Å². The third-order valence-corrected chi connectivity index (χ3v) is 6.76. The lowest BCUT2D eigenvalue weighted by Crippen LogP contribution is -2.34. The minimum Gasteiger partial charge on any atom is -0.411 e. The van der Waals surface area contributed by atoms with E-state index in [0.29, 0.717) is 17.8 Å². The average molecular weight is 624 g/mol. The zero-order valence-electron chi connectivity index (χ0n) is 19.9. The van der Waals surface area contributed by atoms with Gasteiger partial charge in [-0.2, -0.15) is 0 Å². The van der Waals surface area contributed by atoms with Crippen molar-refractivity contribution in [2.45, 2.75) is 25.0 Å². The Labute approximate surface area is 231 Å². The molecule has 7 nitrogen and oxygen atoms in total. The van der Waals surface area contributed by atoms with Gasteiger partial charge in [-0.25, -0.2) is 0 Å². The fraction of sp³-hybridized carbons (Fsp3) is 0.143. The zero-order valence-corrected chi connectivity index (χ0v) is 23.0. The molecule has 9 heteroatoms. The van der Waals surface area contributed by atoms with E-state index in [1.54, 1.807) is 31.7 Å². The smallest absolute Gasteiger partial charge is 0.244 e. The van der Waals surface area contributed by atoms with Crippen LogP contribution < -0.4 is 0 Å². The van der Waals surface area contributed by atoms with Crippen LogP contribution in [0.3, 0.4) is 0 Å². The summed E-state index contributed by atoms with van der Waals surface area (Å²) in [5.74, 6) is -1.71. The summed E-state index contributed by atoms with van der Waals surface area (Å²) in [7, 11) is 0. The first-order valence-corrected chi connectivity index (χ1v) is 13.0. The molecule has 3 heterocycles. The van der Waals surface area contributed by atoms with Crippen molar-refractivity contribution in [3.05, 3.63) is 129 Å². The van der Waals surface area contributed by atoms with Crippen LogP contribution in [0.1, 0.15) is 35.1 Å². The van der Waals surface area contributed by atoms with Crippen LogP contribution >= 0.6 is 31.9 Å². The van der Waals surface area contributed by atoms with E-state index in [1.165, 1.54) is 0 Å². The van der Waals surface area contributed by atoms with Crippen molar-refractivity contribution in [3.8, 4) is 0 Å². The molecular formula is C28H24Br2N4O3. The van der Waals surface area contributed by atoms with Gasteiger partial charge in [0.05, 0.1) is 11.6 Å². The van der Waals surface area contributed by atoms with E-state index in [4.69, 9.17) is 10.0 Å². The van der Waals surface area contributed by atoms with Gasteiger partial charge in [-0.1, -0.05) is 66.4 Å². The number of pyridine rings is 2. The molecule has 0 radical (unpaired) electrons. The number of benzene rings is 2. The lowest BCUT2D eigenvalue weighted by atomic mass is 9.85. The van der Waals surface area contributed by atoms with Gasteiger partial charge in [0.15, 0.2) is 0 Å². The SMILES string of the molecule is CC1(O)ON=C(c2cccnc2)C1c1ccc(Br)cc1.O/N=C(\Cc1ccc(Br)cc1)c1cccnc1. The van der Waals surface area contributed by atoms with Gasteiger partial charge in [-0.05, 0) is 59.7 Å². The van der Waals surface area contributed by atoms with Crippen LogP contribution in [0.5, 0.6) is 0 Å². The van der Waals surface area contributed by atoms with Crippen LogP contribution in [0.25, 0.3) is 0 Å². The molecule has 2 aromatic heterocycles. The van der Waals surface area contributed by atoms with Gasteiger partial charge in [-0.15, -0.1) is 0 Å². The van der Waals surface area contributed by atoms with Gasteiger partial charge in [0.2, 0.25) is 5.79 Å². The van der Waals surface area contributed by atoms with Crippen LogP contribution in [0.15, 0.2) is 117 Å². The summed E-state index contributed by atoms with van der Waals surface area (Å²) in [5, 5.41) is 26.9. The molecule has 37 heavy (non-hydrogen) atoms. The Balaban J connectivity index is 0.000000176. The number of halogens is 2. The fourth-order valence-corrected chi connectivity index (χ4v) is 4.41. The Morgan fingerprint density at radius 2 is 1.54 bits per heavy atom. The molecule has 1 aliphatic rings. The normalized spacial score (nSPS) is 18.9. The van der Waals surface area contributed by atoms with Crippen molar-refractivity contribution in [3.63, 3.8) is 0 Å². The summed E-state index contributed by atoms with van der Waals surface area (Å²) < 4.78 is 2.02. The summed E-state index contributed by atoms with van der Waals surface area (Å²) in [4.78, 5) is 13.3. The molecule has 0 fully saturated rings. The second-order valence-corrected chi connectivity index (χ2v) is 10.3. The average Bonchev–Trinajstić information content (AvgIpc) is 3.25. The van der Waals surface area contributed by atoms with E-state index >= 15 is 0 Å². The van der Waals surface area contributed by atoms with Gasteiger partial charge in [0, 0.05) is 58.2 Å². The highest BCUT2D eigenvalue weighted by Gasteiger charge is 2.45. The van der Waals surface area contributed by atoms with Crippen molar-refractivity contribution < 1.29 is 15.2 Å². The van der Waals surface area contributed by atoms with Gasteiger partial charge in [0.1, 0.15) is 5.71 Å². The van der Waals surface area contributed by atoms with Crippen LogP contribution in [0, 0.1) is 0 Å². The van der Waals surface area contributed by atoms with E-state index in [1.807, 2.05) is 72.8 Å². The Morgan fingerprint density at radius 3 is 2.11 bits per heavy atom. The third-order valence-electron chi connectivity index (χ3n) is 5.70. The number of hydrogen-bond donors (Lipinski definition) is 2. The number of hydrogen-bond acceptors (Lipinski definition) is 7. The molecule has 4 aromatic rings. The highest BCUT2D eigenvalue weighted by molar-refractivity contribution is 9.10. The monoisotopic (exact) mass is 622 g/mol. The molecule has 2 aromatic carbocycles. The van der Waals surface area contributed by atoms with Gasteiger partial charge < -0.3 is 15.2 Å². The minimum absolute atomic E-state index is 0.347. The summed E-state index contributed by atoms with van der Waals surface area (Å²) in [6, 6.07) is 23.1. The molecular weight excluding hydrogens is 600 g/mol. The Morgan fingerprint density at radius 1 is 0.919 bits per heavy atom. The van der Waals surface area contributed by atoms with Crippen molar-refractivity contribution >= 4 is 43.3 Å². The van der Waals surface area contributed by atoms with E-state index in [2.05, 4.69) is 52.1 Å². The Kier molecular flexibility index (Phi) is 8.81. The third kappa shape index (κ3) is 6.88. The van der Waals surface area contributed by atoms with Gasteiger partial charge in [-0.3, -0.25) is 9.97 Å². The lowest BCUT2D eigenvalue weighted by molar-refractivity contribution is -0.179. The number of aliphatic hydroxyl groups is 1. The largest absolute Gasteiger partial charge is 0.411 e. The topological polar surface area (TPSA) is 100 Å². The van der Waals surface area contributed by atoms with E-state index < -0.39 is 5.79 Å². The number of rotatable bonds is 5. The van der Waals surface area contributed by atoms with E-state index in [9.17, 15) is 5.11 Å².